The molecule has 118 valence electrons. The Balaban J connectivity index is 1.54. The molecule has 1 aliphatic carbocycles. The van der Waals surface area contributed by atoms with Gasteiger partial charge in [-0.2, -0.15) is 0 Å². The van der Waals surface area contributed by atoms with Crippen molar-refractivity contribution in [1.29, 1.82) is 0 Å². The van der Waals surface area contributed by atoms with E-state index in [1.54, 1.807) is 0 Å². The first-order chi connectivity index (χ1) is 10.2. The number of nitrogens with one attached hydrogen (secondary N) is 1. The van der Waals surface area contributed by atoms with E-state index < -0.39 is 0 Å². The number of hydrogen-bond acceptors (Lipinski definition) is 3. The molecule has 1 aliphatic heterocycles. The quantitative estimate of drug-likeness (QED) is 0.871. The summed E-state index contributed by atoms with van der Waals surface area (Å²) in [7, 11) is 0. The zero-order chi connectivity index (χ0) is 14.7. The maximum absolute atomic E-state index is 4.70. The predicted octanol–water partition coefficient (Wildman–Crippen LogP) is 3.45. The van der Waals surface area contributed by atoms with Crippen LogP contribution < -0.4 is 5.32 Å². The molecule has 2 fully saturated rings. The second kappa shape index (κ2) is 6.82. The molecule has 0 bridgehead atoms. The summed E-state index contributed by atoms with van der Waals surface area (Å²) in [5.41, 5.74) is 1.14. The van der Waals surface area contributed by atoms with E-state index >= 15 is 0 Å². The van der Waals surface area contributed by atoms with Gasteiger partial charge in [0, 0.05) is 25.3 Å². The number of hydrogen-bond donors (Lipinski definition) is 1. The monoisotopic (exact) mass is 290 g/mol. The van der Waals surface area contributed by atoms with Crippen molar-refractivity contribution in [3.63, 3.8) is 0 Å². The molecule has 0 amide bonds. The number of aromatic nitrogens is 2. The molecule has 4 heteroatoms. The molecule has 3 rings (SSSR count). The Labute approximate surface area is 128 Å². The molecular formula is C17H30N4. The fourth-order valence-electron chi connectivity index (χ4n) is 3.84. The van der Waals surface area contributed by atoms with Crippen LogP contribution in [-0.4, -0.2) is 40.6 Å². The SMILES string of the molecule is Cc1cn(C2CCCC2)c(NCC(C)CN2CCCC2)n1. The molecule has 4 nitrogen and oxygen atoms in total. The highest BCUT2D eigenvalue weighted by Gasteiger charge is 2.21. The largest absolute Gasteiger partial charge is 0.355 e. The summed E-state index contributed by atoms with van der Waals surface area (Å²) in [6.07, 6.45) is 10.3. The Kier molecular flexibility index (Phi) is 4.84. The molecule has 1 aromatic heterocycles. The van der Waals surface area contributed by atoms with E-state index in [-0.39, 0.29) is 0 Å². The summed E-state index contributed by atoms with van der Waals surface area (Å²) in [5.74, 6) is 1.77. The molecule has 1 aromatic rings. The van der Waals surface area contributed by atoms with Crippen LogP contribution in [0.15, 0.2) is 6.20 Å². The lowest BCUT2D eigenvalue weighted by molar-refractivity contribution is 0.294. The van der Waals surface area contributed by atoms with Crippen LogP contribution in [0.3, 0.4) is 0 Å². The molecule has 1 saturated carbocycles. The second-order valence-electron chi connectivity index (χ2n) is 7.05. The molecule has 2 heterocycles. The van der Waals surface area contributed by atoms with Crippen LogP contribution in [0, 0.1) is 12.8 Å². The minimum atomic E-state index is 0.669. The number of rotatable bonds is 6. The van der Waals surface area contributed by atoms with E-state index in [1.165, 1.54) is 58.2 Å². The van der Waals surface area contributed by atoms with Crippen LogP contribution in [0.2, 0.25) is 0 Å². The van der Waals surface area contributed by atoms with Gasteiger partial charge in [-0.3, -0.25) is 0 Å². The molecule has 21 heavy (non-hydrogen) atoms. The first-order valence-corrected chi connectivity index (χ1v) is 8.74. The van der Waals surface area contributed by atoms with E-state index in [1.807, 2.05) is 0 Å². The van der Waals surface area contributed by atoms with Crippen molar-refractivity contribution in [2.24, 2.45) is 5.92 Å². The lowest BCUT2D eigenvalue weighted by atomic mass is 10.1. The minimum absolute atomic E-state index is 0.669. The van der Waals surface area contributed by atoms with Crippen LogP contribution in [0.5, 0.6) is 0 Å². The minimum Gasteiger partial charge on any atom is -0.355 e. The van der Waals surface area contributed by atoms with Crippen LogP contribution in [0.4, 0.5) is 5.95 Å². The first-order valence-electron chi connectivity index (χ1n) is 8.74. The van der Waals surface area contributed by atoms with E-state index in [0.717, 1.165) is 18.2 Å². The van der Waals surface area contributed by atoms with Crippen molar-refractivity contribution < 1.29 is 0 Å². The van der Waals surface area contributed by atoms with Gasteiger partial charge in [-0.1, -0.05) is 19.8 Å². The summed E-state index contributed by atoms with van der Waals surface area (Å²) < 4.78 is 2.39. The van der Waals surface area contributed by atoms with Gasteiger partial charge in [0.1, 0.15) is 0 Å². The van der Waals surface area contributed by atoms with Gasteiger partial charge in [0.15, 0.2) is 0 Å². The van der Waals surface area contributed by atoms with Crippen molar-refractivity contribution in [2.75, 3.05) is 31.5 Å². The lowest BCUT2D eigenvalue weighted by Gasteiger charge is -2.21. The van der Waals surface area contributed by atoms with Crippen LogP contribution in [-0.2, 0) is 0 Å². The highest BCUT2D eigenvalue weighted by Crippen LogP contribution is 2.32. The molecule has 1 saturated heterocycles. The van der Waals surface area contributed by atoms with Gasteiger partial charge < -0.3 is 14.8 Å². The lowest BCUT2D eigenvalue weighted by Crippen LogP contribution is -2.29. The third kappa shape index (κ3) is 3.79. The highest BCUT2D eigenvalue weighted by molar-refractivity contribution is 5.30. The van der Waals surface area contributed by atoms with E-state index in [4.69, 9.17) is 4.98 Å². The Morgan fingerprint density at radius 2 is 1.95 bits per heavy atom. The van der Waals surface area contributed by atoms with Crippen molar-refractivity contribution >= 4 is 5.95 Å². The molecule has 0 radical (unpaired) electrons. The molecule has 0 spiro atoms. The number of imidazole rings is 1. The van der Waals surface area contributed by atoms with E-state index in [2.05, 4.69) is 34.8 Å². The normalized spacial score (nSPS) is 22.0. The second-order valence-corrected chi connectivity index (χ2v) is 7.05. The van der Waals surface area contributed by atoms with Gasteiger partial charge in [0.05, 0.1) is 5.69 Å². The van der Waals surface area contributed by atoms with Gasteiger partial charge >= 0.3 is 0 Å². The number of nitrogens with zero attached hydrogens (tertiary/aromatic N) is 3. The zero-order valence-corrected chi connectivity index (χ0v) is 13.6. The van der Waals surface area contributed by atoms with Crippen LogP contribution >= 0.6 is 0 Å². The number of likely N-dealkylation sites (tertiary alicyclic amines) is 1. The fraction of sp³-hybridized carbons (Fsp3) is 0.824. The molecular weight excluding hydrogens is 260 g/mol. The fourth-order valence-corrected chi connectivity index (χ4v) is 3.84. The van der Waals surface area contributed by atoms with Gasteiger partial charge in [-0.15, -0.1) is 0 Å². The predicted molar refractivity (Wildman–Crippen MR) is 87.8 cm³/mol. The molecule has 1 N–H and O–H groups in total. The average Bonchev–Trinajstić information content (AvgIpc) is 3.17. The van der Waals surface area contributed by atoms with Crippen molar-refractivity contribution in [3.8, 4) is 0 Å². The summed E-state index contributed by atoms with van der Waals surface area (Å²) in [4.78, 5) is 7.30. The van der Waals surface area contributed by atoms with E-state index in [9.17, 15) is 0 Å². The van der Waals surface area contributed by atoms with Crippen molar-refractivity contribution in [3.05, 3.63) is 11.9 Å². The smallest absolute Gasteiger partial charge is 0.203 e. The van der Waals surface area contributed by atoms with Gasteiger partial charge in [-0.25, -0.2) is 4.98 Å². The van der Waals surface area contributed by atoms with Gasteiger partial charge in [-0.05, 0) is 51.6 Å². The van der Waals surface area contributed by atoms with Crippen molar-refractivity contribution in [2.45, 2.75) is 58.4 Å². The van der Waals surface area contributed by atoms with Crippen LogP contribution in [0.25, 0.3) is 0 Å². The first kappa shape index (κ1) is 14.9. The number of aryl methyl sites for hydroxylation is 1. The maximum atomic E-state index is 4.70. The van der Waals surface area contributed by atoms with E-state index in [0.29, 0.717) is 12.0 Å². The summed E-state index contributed by atoms with van der Waals surface area (Å²) >= 11 is 0. The average molecular weight is 290 g/mol. The summed E-state index contributed by atoms with van der Waals surface area (Å²) in [5, 5.41) is 3.61. The molecule has 1 atom stereocenters. The maximum Gasteiger partial charge on any atom is 0.203 e. The summed E-state index contributed by atoms with van der Waals surface area (Å²) in [6.45, 7) is 9.28. The molecule has 0 aromatic carbocycles. The zero-order valence-electron chi connectivity index (χ0n) is 13.6. The highest BCUT2D eigenvalue weighted by atomic mass is 15.2. The topological polar surface area (TPSA) is 33.1 Å². The third-order valence-corrected chi connectivity index (χ3v) is 4.95. The Bertz CT molecular complexity index is 442. The van der Waals surface area contributed by atoms with Gasteiger partial charge in [0.25, 0.3) is 0 Å². The third-order valence-electron chi connectivity index (χ3n) is 4.95. The Morgan fingerprint density at radius 3 is 2.67 bits per heavy atom. The van der Waals surface area contributed by atoms with Gasteiger partial charge in [0.2, 0.25) is 5.95 Å². The number of anilines is 1. The van der Waals surface area contributed by atoms with Crippen molar-refractivity contribution in [1.82, 2.24) is 14.5 Å². The van der Waals surface area contributed by atoms with Crippen LogP contribution in [0.1, 0.15) is 57.2 Å². The molecule has 2 aliphatic rings. The Hall–Kier alpha value is -1.03. The molecule has 1 unspecified atom stereocenters. The standard InChI is InChI=1S/C17H30N4/c1-14(12-20-9-5-6-10-20)11-18-17-19-15(2)13-21(17)16-7-3-4-8-16/h13-14,16H,3-12H2,1-2H3,(H,18,19). The Morgan fingerprint density at radius 1 is 1.24 bits per heavy atom. The summed E-state index contributed by atoms with van der Waals surface area (Å²) in [6, 6.07) is 0.669.